The number of hydrogen-bond acceptors (Lipinski definition) is 3. The Morgan fingerprint density at radius 2 is 1.65 bits per heavy atom. The molecule has 2 heterocycles. The summed E-state index contributed by atoms with van der Waals surface area (Å²) in [6.45, 7) is 1.79. The summed E-state index contributed by atoms with van der Waals surface area (Å²) in [6.07, 6.45) is 5.35. The number of sulfone groups is 1. The lowest BCUT2D eigenvalue weighted by atomic mass is 9.97. The summed E-state index contributed by atoms with van der Waals surface area (Å²) < 4.78 is 22.6. The number of carbonyl (C=O) groups excluding carboxylic acids is 1. The molecule has 1 amide bonds. The second kappa shape index (κ2) is 5.38. The maximum absolute atomic E-state index is 12.0. The molecule has 2 aliphatic heterocycles. The topological polar surface area (TPSA) is 54.5 Å². The van der Waals surface area contributed by atoms with Crippen LogP contribution in [0.4, 0.5) is 0 Å². The number of rotatable bonds is 2. The quantitative estimate of drug-likeness (QED) is 0.749. The molecule has 17 heavy (non-hydrogen) atoms. The van der Waals surface area contributed by atoms with Crippen LogP contribution in [0.2, 0.25) is 0 Å². The molecule has 0 spiro atoms. The van der Waals surface area contributed by atoms with E-state index in [1.54, 1.807) is 0 Å². The molecule has 5 heteroatoms. The Morgan fingerprint density at radius 1 is 1.06 bits per heavy atom. The van der Waals surface area contributed by atoms with Gasteiger partial charge in [-0.3, -0.25) is 4.79 Å². The van der Waals surface area contributed by atoms with E-state index in [1.165, 1.54) is 6.42 Å². The Balaban J connectivity index is 1.79. The van der Waals surface area contributed by atoms with E-state index in [0.29, 0.717) is 19.3 Å². The average Bonchev–Trinajstić information content (AvgIpc) is 2.33. The number of piperidine rings is 1. The van der Waals surface area contributed by atoms with Gasteiger partial charge in [0.2, 0.25) is 5.91 Å². The van der Waals surface area contributed by atoms with Crippen LogP contribution in [0.5, 0.6) is 0 Å². The van der Waals surface area contributed by atoms with Crippen molar-refractivity contribution in [2.75, 3.05) is 24.6 Å². The standard InChI is InChI=1S/C12H21NO3S/c14-12(13-6-2-1-3-7-13)10-11-4-8-17(15,16)9-5-11/h11H,1-10H2. The highest BCUT2D eigenvalue weighted by atomic mass is 32.2. The van der Waals surface area contributed by atoms with E-state index in [-0.39, 0.29) is 23.3 Å². The van der Waals surface area contributed by atoms with Crippen molar-refractivity contribution in [2.45, 2.75) is 38.5 Å². The largest absolute Gasteiger partial charge is 0.343 e. The smallest absolute Gasteiger partial charge is 0.222 e. The molecule has 0 N–H and O–H groups in total. The fourth-order valence-electron chi connectivity index (χ4n) is 2.66. The summed E-state index contributed by atoms with van der Waals surface area (Å²) in [7, 11) is -2.80. The maximum atomic E-state index is 12.0. The first-order valence-corrected chi connectivity index (χ1v) is 8.37. The van der Waals surface area contributed by atoms with Crippen LogP contribution in [0, 0.1) is 5.92 Å². The van der Waals surface area contributed by atoms with Crippen LogP contribution in [0.15, 0.2) is 0 Å². The van der Waals surface area contributed by atoms with Crippen molar-refractivity contribution in [3.05, 3.63) is 0 Å². The highest BCUT2D eigenvalue weighted by molar-refractivity contribution is 7.91. The van der Waals surface area contributed by atoms with Crippen molar-refractivity contribution >= 4 is 15.7 Å². The first-order valence-electron chi connectivity index (χ1n) is 6.55. The minimum atomic E-state index is -2.80. The number of nitrogens with zero attached hydrogens (tertiary/aromatic N) is 1. The predicted molar refractivity (Wildman–Crippen MR) is 66.4 cm³/mol. The number of amides is 1. The summed E-state index contributed by atoms with van der Waals surface area (Å²) in [5.41, 5.74) is 0. The maximum Gasteiger partial charge on any atom is 0.222 e. The van der Waals surface area contributed by atoms with Gasteiger partial charge < -0.3 is 4.90 Å². The molecule has 0 aromatic rings. The van der Waals surface area contributed by atoms with Gasteiger partial charge in [-0.25, -0.2) is 8.42 Å². The van der Waals surface area contributed by atoms with Gasteiger partial charge in [-0.1, -0.05) is 0 Å². The zero-order chi connectivity index (χ0) is 12.3. The molecule has 98 valence electrons. The number of likely N-dealkylation sites (tertiary alicyclic amines) is 1. The van der Waals surface area contributed by atoms with Gasteiger partial charge in [-0.2, -0.15) is 0 Å². The van der Waals surface area contributed by atoms with E-state index in [1.807, 2.05) is 4.90 Å². The molecular weight excluding hydrogens is 238 g/mol. The van der Waals surface area contributed by atoms with E-state index in [9.17, 15) is 13.2 Å². The van der Waals surface area contributed by atoms with Crippen LogP contribution >= 0.6 is 0 Å². The summed E-state index contributed by atoms with van der Waals surface area (Å²) in [6, 6.07) is 0. The summed E-state index contributed by atoms with van der Waals surface area (Å²) >= 11 is 0. The molecular formula is C12H21NO3S. The van der Waals surface area contributed by atoms with Gasteiger partial charge in [0, 0.05) is 19.5 Å². The molecule has 0 atom stereocenters. The SMILES string of the molecule is O=C(CC1CCS(=O)(=O)CC1)N1CCCCC1. The summed E-state index contributed by atoms with van der Waals surface area (Å²) in [4.78, 5) is 14.0. The second-order valence-electron chi connectivity index (χ2n) is 5.24. The minimum Gasteiger partial charge on any atom is -0.343 e. The molecule has 2 saturated heterocycles. The third-order valence-electron chi connectivity index (χ3n) is 3.85. The molecule has 2 rings (SSSR count). The molecule has 0 unspecified atom stereocenters. The zero-order valence-corrected chi connectivity index (χ0v) is 11.0. The lowest BCUT2D eigenvalue weighted by molar-refractivity contribution is -0.133. The third kappa shape index (κ3) is 3.69. The van der Waals surface area contributed by atoms with E-state index in [0.717, 1.165) is 25.9 Å². The van der Waals surface area contributed by atoms with Gasteiger partial charge in [0.15, 0.2) is 0 Å². The fourth-order valence-corrected chi connectivity index (χ4v) is 4.25. The molecule has 0 bridgehead atoms. The van der Waals surface area contributed by atoms with Crippen LogP contribution in [0.1, 0.15) is 38.5 Å². The van der Waals surface area contributed by atoms with Crippen LogP contribution in [-0.2, 0) is 14.6 Å². The van der Waals surface area contributed by atoms with E-state index in [4.69, 9.17) is 0 Å². The second-order valence-corrected chi connectivity index (χ2v) is 7.54. The van der Waals surface area contributed by atoms with Crippen LogP contribution < -0.4 is 0 Å². The van der Waals surface area contributed by atoms with Gasteiger partial charge in [-0.05, 0) is 38.0 Å². The molecule has 2 aliphatic rings. The summed E-state index contributed by atoms with van der Waals surface area (Å²) in [5, 5.41) is 0. The molecule has 0 aromatic carbocycles. The van der Waals surface area contributed by atoms with Crippen LogP contribution in [0.25, 0.3) is 0 Å². The first kappa shape index (κ1) is 12.9. The van der Waals surface area contributed by atoms with Gasteiger partial charge in [-0.15, -0.1) is 0 Å². The summed E-state index contributed by atoms with van der Waals surface area (Å²) in [5.74, 6) is 1.05. The molecule has 4 nitrogen and oxygen atoms in total. The van der Waals surface area contributed by atoms with E-state index in [2.05, 4.69) is 0 Å². The predicted octanol–water partition coefficient (Wildman–Crippen LogP) is 1.21. The fraction of sp³-hybridized carbons (Fsp3) is 0.917. The normalized spacial score (nSPS) is 25.8. The van der Waals surface area contributed by atoms with Crippen molar-refractivity contribution in [3.63, 3.8) is 0 Å². The Bertz CT molecular complexity index is 357. The molecule has 0 radical (unpaired) electrons. The number of hydrogen-bond donors (Lipinski definition) is 0. The molecule has 2 fully saturated rings. The van der Waals surface area contributed by atoms with Crippen LogP contribution in [0.3, 0.4) is 0 Å². The van der Waals surface area contributed by atoms with Crippen LogP contribution in [-0.4, -0.2) is 43.8 Å². The molecule has 0 saturated carbocycles. The zero-order valence-electron chi connectivity index (χ0n) is 10.2. The molecule has 0 aliphatic carbocycles. The van der Waals surface area contributed by atoms with Crippen molar-refractivity contribution in [1.82, 2.24) is 4.90 Å². The Hall–Kier alpha value is -0.580. The van der Waals surface area contributed by atoms with Crippen molar-refractivity contribution < 1.29 is 13.2 Å². The Morgan fingerprint density at radius 3 is 2.24 bits per heavy atom. The van der Waals surface area contributed by atoms with Gasteiger partial charge in [0.05, 0.1) is 11.5 Å². The average molecular weight is 259 g/mol. The highest BCUT2D eigenvalue weighted by Crippen LogP contribution is 2.23. The molecule has 0 aromatic heterocycles. The minimum absolute atomic E-state index is 0.231. The number of carbonyl (C=O) groups is 1. The van der Waals surface area contributed by atoms with Crippen molar-refractivity contribution in [2.24, 2.45) is 5.92 Å². The third-order valence-corrected chi connectivity index (χ3v) is 5.56. The monoisotopic (exact) mass is 259 g/mol. The van der Waals surface area contributed by atoms with Crippen molar-refractivity contribution in [1.29, 1.82) is 0 Å². The Kier molecular flexibility index (Phi) is 4.07. The van der Waals surface area contributed by atoms with Crippen molar-refractivity contribution in [3.8, 4) is 0 Å². The van der Waals surface area contributed by atoms with Gasteiger partial charge in [0.1, 0.15) is 9.84 Å². The van der Waals surface area contributed by atoms with E-state index < -0.39 is 9.84 Å². The van der Waals surface area contributed by atoms with Gasteiger partial charge in [0.25, 0.3) is 0 Å². The Labute approximate surface area is 103 Å². The lowest BCUT2D eigenvalue weighted by Crippen LogP contribution is -2.37. The first-order chi connectivity index (χ1) is 8.07. The lowest BCUT2D eigenvalue weighted by Gasteiger charge is -2.29. The van der Waals surface area contributed by atoms with E-state index >= 15 is 0 Å². The van der Waals surface area contributed by atoms with Gasteiger partial charge >= 0.3 is 0 Å². The highest BCUT2D eigenvalue weighted by Gasteiger charge is 2.27.